The Hall–Kier alpha value is -1.82. The molecule has 2 aromatic carbocycles. The zero-order chi connectivity index (χ0) is 17.3. The molecule has 0 radical (unpaired) electrons. The van der Waals surface area contributed by atoms with Gasteiger partial charge in [0.1, 0.15) is 0 Å². The van der Waals surface area contributed by atoms with Gasteiger partial charge in [-0.3, -0.25) is 0 Å². The first-order valence-electron chi connectivity index (χ1n) is 7.68. The van der Waals surface area contributed by atoms with E-state index >= 15 is 0 Å². The maximum Gasteiger partial charge on any atom is 0.240 e. The minimum Gasteiger partial charge on any atom is -0.378 e. The molecule has 3 rings (SSSR count). The van der Waals surface area contributed by atoms with Crippen molar-refractivity contribution in [3.05, 3.63) is 70.8 Å². The van der Waals surface area contributed by atoms with Crippen LogP contribution in [0.15, 0.2) is 53.9 Å². The van der Waals surface area contributed by atoms with Crippen molar-refractivity contribution in [2.24, 2.45) is 0 Å². The van der Waals surface area contributed by atoms with E-state index in [2.05, 4.69) is 16.6 Å². The fraction of sp³-hybridized carbons (Fsp3) is 0.222. The largest absolute Gasteiger partial charge is 0.378 e. The highest BCUT2D eigenvalue weighted by atomic mass is 35.5. The van der Waals surface area contributed by atoms with Crippen molar-refractivity contribution in [3.63, 3.8) is 0 Å². The Morgan fingerprint density at radius 1 is 1.25 bits per heavy atom. The first kappa shape index (κ1) is 17.0. The Kier molecular flexibility index (Phi) is 4.67. The molecule has 6 heteroatoms. The first-order valence-corrected chi connectivity index (χ1v) is 9.54. The van der Waals surface area contributed by atoms with E-state index in [4.69, 9.17) is 11.6 Å². The van der Waals surface area contributed by atoms with Crippen molar-refractivity contribution < 1.29 is 8.42 Å². The second-order valence-corrected chi connectivity index (χ2v) is 8.12. The second kappa shape index (κ2) is 6.59. The van der Waals surface area contributed by atoms with Crippen molar-refractivity contribution in [3.8, 4) is 0 Å². The Balaban J connectivity index is 1.81. The van der Waals surface area contributed by atoms with Gasteiger partial charge in [-0.05, 0) is 60.8 Å². The van der Waals surface area contributed by atoms with Crippen LogP contribution in [-0.4, -0.2) is 15.5 Å². The number of hydrogen-bond acceptors (Lipinski definition) is 3. The molecule has 0 aromatic heterocycles. The van der Waals surface area contributed by atoms with Crippen molar-refractivity contribution in [1.82, 2.24) is 10.0 Å². The third kappa shape index (κ3) is 3.34. The van der Waals surface area contributed by atoms with Crippen LogP contribution in [0.1, 0.15) is 29.2 Å². The minimum atomic E-state index is -3.47. The highest BCUT2D eigenvalue weighted by Gasteiger charge is 2.23. The van der Waals surface area contributed by atoms with Gasteiger partial charge in [0.15, 0.2) is 0 Å². The monoisotopic (exact) mass is 362 g/mol. The van der Waals surface area contributed by atoms with E-state index in [1.54, 1.807) is 18.2 Å². The minimum absolute atomic E-state index is 0.161. The van der Waals surface area contributed by atoms with Gasteiger partial charge in [-0.1, -0.05) is 36.4 Å². The summed E-state index contributed by atoms with van der Waals surface area (Å²) in [7, 11) is -2.07. The van der Waals surface area contributed by atoms with Gasteiger partial charge in [0.25, 0.3) is 0 Å². The van der Waals surface area contributed by atoms with Crippen molar-refractivity contribution >= 4 is 27.3 Å². The summed E-state index contributed by atoms with van der Waals surface area (Å²) in [5.74, 6) is 0. The van der Waals surface area contributed by atoms with Gasteiger partial charge in [-0.25, -0.2) is 13.1 Å². The molecular formula is C18H19ClN2O2S. The van der Waals surface area contributed by atoms with E-state index in [1.165, 1.54) is 18.2 Å². The van der Waals surface area contributed by atoms with Crippen LogP contribution >= 0.6 is 11.6 Å². The lowest BCUT2D eigenvalue weighted by Crippen LogP contribution is -2.20. The molecule has 0 bridgehead atoms. The fourth-order valence-electron chi connectivity index (χ4n) is 3.00. The summed E-state index contributed by atoms with van der Waals surface area (Å²) < 4.78 is 26.2. The molecular weight excluding hydrogens is 344 g/mol. The lowest BCUT2D eigenvalue weighted by molar-refractivity contribution is 0.588. The molecule has 4 nitrogen and oxygen atoms in total. The van der Waals surface area contributed by atoms with Gasteiger partial charge in [0.05, 0.1) is 10.9 Å². The molecule has 0 saturated heterocycles. The normalized spacial score (nSPS) is 16.7. The van der Waals surface area contributed by atoms with Gasteiger partial charge >= 0.3 is 0 Å². The Morgan fingerprint density at radius 3 is 2.79 bits per heavy atom. The molecule has 2 aromatic rings. The number of fused-ring (bicyclic) bond motifs is 1. The van der Waals surface area contributed by atoms with Crippen LogP contribution in [0.2, 0.25) is 5.02 Å². The second-order valence-electron chi connectivity index (χ2n) is 5.79. The van der Waals surface area contributed by atoms with Gasteiger partial charge < -0.3 is 5.32 Å². The van der Waals surface area contributed by atoms with Crippen LogP contribution in [0.25, 0.3) is 5.70 Å². The van der Waals surface area contributed by atoms with Gasteiger partial charge in [-0.15, -0.1) is 0 Å². The fourth-order valence-corrected chi connectivity index (χ4v) is 3.97. The molecule has 1 atom stereocenters. The molecule has 0 fully saturated rings. The number of sulfonamides is 1. The number of nitrogens with one attached hydrogen (secondary N) is 2. The first-order chi connectivity index (χ1) is 11.4. The van der Waals surface area contributed by atoms with E-state index in [0.29, 0.717) is 5.70 Å². The Morgan fingerprint density at radius 2 is 2.04 bits per heavy atom. The lowest BCUT2D eigenvalue weighted by atomic mass is 10.1. The number of halogens is 1. The molecule has 0 amide bonds. The van der Waals surface area contributed by atoms with Crippen molar-refractivity contribution in [2.75, 3.05) is 7.05 Å². The Bertz CT molecular complexity index is 894. The highest BCUT2D eigenvalue weighted by Crippen LogP contribution is 2.34. The zero-order valence-electron chi connectivity index (χ0n) is 13.3. The maximum absolute atomic E-state index is 11.9. The number of aryl methyl sites for hydroxylation is 1. The molecule has 1 aliphatic rings. The average molecular weight is 363 g/mol. The van der Waals surface area contributed by atoms with Gasteiger partial charge in [0.2, 0.25) is 10.0 Å². The standard InChI is InChI=1S/C18H19ClN2O2S/c1-12(13-4-3-5-16(11-13)24(22,23)20-2)21-18-9-6-14-10-15(19)7-8-17(14)18/h3-5,7-8,10-11,18,20-21H,1,6,9H2,2H3/t18-/m1/s1. The lowest BCUT2D eigenvalue weighted by Gasteiger charge is -2.18. The van der Waals surface area contributed by atoms with E-state index < -0.39 is 10.0 Å². The highest BCUT2D eigenvalue weighted by molar-refractivity contribution is 7.89. The molecule has 1 aliphatic carbocycles. The summed E-state index contributed by atoms with van der Waals surface area (Å²) in [4.78, 5) is 0.226. The maximum atomic E-state index is 11.9. The van der Waals surface area contributed by atoms with Gasteiger partial charge in [-0.2, -0.15) is 0 Å². The molecule has 2 N–H and O–H groups in total. The van der Waals surface area contributed by atoms with Gasteiger partial charge in [0, 0.05) is 10.7 Å². The van der Waals surface area contributed by atoms with Crippen molar-refractivity contribution in [1.29, 1.82) is 0 Å². The van der Waals surface area contributed by atoms with E-state index in [9.17, 15) is 8.42 Å². The molecule has 126 valence electrons. The zero-order valence-corrected chi connectivity index (χ0v) is 14.9. The van der Waals surface area contributed by atoms with Crippen LogP contribution in [0.4, 0.5) is 0 Å². The number of rotatable bonds is 5. The van der Waals surface area contributed by atoms with Crippen LogP contribution in [0.5, 0.6) is 0 Å². The SMILES string of the molecule is C=C(N[C@@H]1CCc2cc(Cl)ccc21)c1cccc(S(=O)(=O)NC)c1. The van der Waals surface area contributed by atoms with Crippen LogP contribution in [0.3, 0.4) is 0 Å². The molecule has 0 unspecified atom stereocenters. The van der Waals surface area contributed by atoms with E-state index in [1.807, 2.05) is 24.3 Å². The van der Waals surface area contributed by atoms with E-state index in [-0.39, 0.29) is 10.9 Å². The molecule has 0 spiro atoms. The summed E-state index contributed by atoms with van der Waals surface area (Å²) >= 11 is 6.05. The molecule has 0 heterocycles. The molecule has 24 heavy (non-hydrogen) atoms. The summed E-state index contributed by atoms with van der Waals surface area (Å²) in [6.07, 6.45) is 1.93. The number of hydrogen-bond donors (Lipinski definition) is 2. The predicted octanol–water partition coefficient (Wildman–Crippen LogP) is 3.50. The summed E-state index contributed by atoms with van der Waals surface area (Å²) in [6, 6.07) is 12.8. The molecule has 0 aliphatic heterocycles. The topological polar surface area (TPSA) is 58.2 Å². The third-order valence-electron chi connectivity index (χ3n) is 4.29. The predicted molar refractivity (Wildman–Crippen MR) is 97.4 cm³/mol. The van der Waals surface area contributed by atoms with Crippen LogP contribution in [-0.2, 0) is 16.4 Å². The molecule has 0 saturated carbocycles. The summed E-state index contributed by atoms with van der Waals surface area (Å²) in [5.41, 5.74) is 3.93. The van der Waals surface area contributed by atoms with Crippen LogP contribution in [0, 0.1) is 0 Å². The quantitative estimate of drug-likeness (QED) is 0.855. The summed E-state index contributed by atoms with van der Waals surface area (Å²) in [6.45, 7) is 4.08. The Labute approximate surface area is 147 Å². The summed E-state index contributed by atoms with van der Waals surface area (Å²) in [5, 5.41) is 4.16. The number of benzene rings is 2. The van der Waals surface area contributed by atoms with E-state index in [0.717, 1.165) is 23.4 Å². The average Bonchev–Trinajstić information content (AvgIpc) is 2.96. The third-order valence-corrected chi connectivity index (χ3v) is 5.94. The van der Waals surface area contributed by atoms with Crippen molar-refractivity contribution in [2.45, 2.75) is 23.8 Å². The smallest absolute Gasteiger partial charge is 0.240 e. The van der Waals surface area contributed by atoms with Crippen LogP contribution < -0.4 is 10.0 Å².